The summed E-state index contributed by atoms with van der Waals surface area (Å²) in [6.07, 6.45) is 3.21. The van der Waals surface area contributed by atoms with Crippen molar-refractivity contribution < 1.29 is 14.3 Å². The topological polar surface area (TPSA) is 75.7 Å². The van der Waals surface area contributed by atoms with Crippen LogP contribution in [0.1, 0.15) is 12.8 Å². The van der Waals surface area contributed by atoms with Crippen LogP contribution in [0, 0.1) is 5.92 Å². The second-order valence-electron chi connectivity index (χ2n) is 8.69. The second-order valence-corrected chi connectivity index (χ2v) is 8.69. The summed E-state index contributed by atoms with van der Waals surface area (Å²) in [5, 5.41) is 6.44. The first-order valence-corrected chi connectivity index (χ1v) is 11.7. The molecule has 0 saturated carbocycles. The molecule has 1 fully saturated rings. The first kappa shape index (κ1) is 23.7. The normalized spacial score (nSPS) is 14.1. The van der Waals surface area contributed by atoms with Gasteiger partial charge in [-0.1, -0.05) is 18.2 Å². The number of nitrogens with zero attached hydrogens (tertiary/aromatic N) is 2. The van der Waals surface area contributed by atoms with Gasteiger partial charge in [0.05, 0.1) is 0 Å². The van der Waals surface area contributed by atoms with E-state index in [2.05, 4.69) is 26.6 Å². The number of amides is 1. The van der Waals surface area contributed by atoms with Crippen molar-refractivity contribution in [2.45, 2.75) is 12.8 Å². The third-order valence-electron chi connectivity index (χ3n) is 5.71. The van der Waals surface area contributed by atoms with Gasteiger partial charge < -0.3 is 25.0 Å². The van der Waals surface area contributed by atoms with Crippen LogP contribution in [0.4, 0.5) is 17.2 Å². The maximum absolute atomic E-state index is 12.7. The summed E-state index contributed by atoms with van der Waals surface area (Å²) in [6, 6.07) is 20.0. The molecule has 4 rings (SSSR count). The molecular formula is C27H32N4O3. The molecule has 2 heterocycles. The molecule has 2 aromatic carbocycles. The summed E-state index contributed by atoms with van der Waals surface area (Å²) < 4.78 is 11.4. The lowest BCUT2D eigenvalue weighted by atomic mass is 9.99. The van der Waals surface area contributed by atoms with Crippen molar-refractivity contribution in [2.75, 3.05) is 51.1 Å². The van der Waals surface area contributed by atoms with Crippen LogP contribution in [-0.2, 0) is 9.53 Å². The molecule has 7 heteroatoms. The number of para-hydroxylation sites is 1. The number of carbonyl (C=O) groups is 1. The van der Waals surface area contributed by atoms with E-state index in [-0.39, 0.29) is 11.8 Å². The predicted molar refractivity (Wildman–Crippen MR) is 136 cm³/mol. The maximum Gasteiger partial charge on any atom is 0.228 e. The highest BCUT2D eigenvalue weighted by Gasteiger charge is 2.22. The third kappa shape index (κ3) is 6.79. The monoisotopic (exact) mass is 460 g/mol. The number of ether oxygens (including phenoxy) is 2. The zero-order valence-electron chi connectivity index (χ0n) is 19.8. The summed E-state index contributed by atoms with van der Waals surface area (Å²) in [5.74, 6) is 1.29. The van der Waals surface area contributed by atoms with E-state index in [0.717, 1.165) is 47.6 Å². The Bertz CT molecular complexity index is 1080. The number of anilines is 3. The molecule has 3 aromatic rings. The fraction of sp³-hybridized carbons (Fsp3) is 0.333. The molecule has 0 unspecified atom stereocenters. The number of hydrogen-bond acceptors (Lipinski definition) is 6. The molecule has 1 aliphatic heterocycles. The van der Waals surface area contributed by atoms with Gasteiger partial charge in [0.1, 0.15) is 18.2 Å². The first-order chi connectivity index (χ1) is 16.6. The van der Waals surface area contributed by atoms with E-state index in [9.17, 15) is 4.79 Å². The van der Waals surface area contributed by atoms with Gasteiger partial charge in [0, 0.05) is 49.3 Å². The highest BCUT2D eigenvalue weighted by atomic mass is 16.5. The van der Waals surface area contributed by atoms with Gasteiger partial charge >= 0.3 is 0 Å². The number of benzene rings is 2. The lowest BCUT2D eigenvalue weighted by molar-refractivity contribution is -0.122. The van der Waals surface area contributed by atoms with Crippen LogP contribution in [0.15, 0.2) is 66.9 Å². The van der Waals surface area contributed by atoms with Gasteiger partial charge in [-0.15, -0.1) is 0 Å². The van der Waals surface area contributed by atoms with Crippen molar-refractivity contribution in [2.24, 2.45) is 5.92 Å². The molecule has 1 aliphatic rings. The fourth-order valence-corrected chi connectivity index (χ4v) is 3.82. The summed E-state index contributed by atoms with van der Waals surface area (Å²) >= 11 is 0. The van der Waals surface area contributed by atoms with Gasteiger partial charge in [0.2, 0.25) is 5.91 Å². The third-order valence-corrected chi connectivity index (χ3v) is 5.71. The highest BCUT2D eigenvalue weighted by Crippen LogP contribution is 2.31. The van der Waals surface area contributed by atoms with Crippen LogP contribution in [0.3, 0.4) is 0 Å². The van der Waals surface area contributed by atoms with E-state index in [1.54, 1.807) is 6.20 Å². The molecule has 0 atom stereocenters. The van der Waals surface area contributed by atoms with Gasteiger partial charge in [-0.25, -0.2) is 4.98 Å². The number of carbonyl (C=O) groups excluding carboxylic acids is 1. The lowest BCUT2D eigenvalue weighted by Crippen LogP contribution is -2.28. The number of likely N-dealkylation sites (N-methyl/N-ethyl adjacent to an activating group) is 1. The van der Waals surface area contributed by atoms with E-state index in [1.165, 1.54) is 0 Å². The van der Waals surface area contributed by atoms with Gasteiger partial charge in [-0.3, -0.25) is 4.79 Å². The Hall–Kier alpha value is -3.42. The van der Waals surface area contributed by atoms with E-state index >= 15 is 0 Å². The van der Waals surface area contributed by atoms with Crippen LogP contribution in [0.2, 0.25) is 0 Å². The van der Waals surface area contributed by atoms with E-state index in [0.29, 0.717) is 25.6 Å². The van der Waals surface area contributed by atoms with Gasteiger partial charge in [-0.05, 0) is 74.5 Å². The number of rotatable bonds is 9. The van der Waals surface area contributed by atoms with Crippen LogP contribution < -0.4 is 15.4 Å². The average Bonchev–Trinajstić information content (AvgIpc) is 2.85. The molecular weight excluding hydrogens is 428 g/mol. The van der Waals surface area contributed by atoms with Crippen LogP contribution in [0.5, 0.6) is 5.75 Å². The standard InChI is InChI=1S/C27H32N4O3/c1-31(2)12-15-34-25-17-22(16-24(19-25)29-23-6-4-3-5-7-23)21-8-11-28-26(18-21)30-27(32)20-9-13-33-14-10-20/h3-8,11,16-20,29H,9-10,12-15H2,1-2H3,(H,28,30,32). The summed E-state index contributed by atoms with van der Waals surface area (Å²) in [4.78, 5) is 19.1. The van der Waals surface area contributed by atoms with Gasteiger partial charge in [0.15, 0.2) is 0 Å². The minimum Gasteiger partial charge on any atom is -0.492 e. The lowest BCUT2D eigenvalue weighted by Gasteiger charge is -2.21. The number of hydrogen-bond donors (Lipinski definition) is 2. The van der Waals surface area contributed by atoms with Crippen LogP contribution in [0.25, 0.3) is 11.1 Å². The molecule has 1 amide bonds. The highest BCUT2D eigenvalue weighted by molar-refractivity contribution is 5.92. The predicted octanol–water partition coefficient (Wildman–Crippen LogP) is 4.80. The summed E-state index contributed by atoms with van der Waals surface area (Å²) in [5.41, 5.74) is 3.85. The number of nitrogens with one attached hydrogen (secondary N) is 2. The molecule has 2 N–H and O–H groups in total. The Labute approximate surface area is 201 Å². The fourth-order valence-electron chi connectivity index (χ4n) is 3.82. The van der Waals surface area contributed by atoms with Crippen molar-refractivity contribution in [1.29, 1.82) is 0 Å². The molecule has 0 spiro atoms. The molecule has 178 valence electrons. The summed E-state index contributed by atoms with van der Waals surface area (Å²) in [6.45, 7) is 2.67. The number of pyridine rings is 1. The molecule has 0 bridgehead atoms. The Morgan fingerprint density at radius 3 is 2.59 bits per heavy atom. The molecule has 0 aliphatic carbocycles. The Morgan fingerprint density at radius 2 is 1.82 bits per heavy atom. The Kier molecular flexibility index (Phi) is 8.12. The Balaban J connectivity index is 1.56. The number of aromatic nitrogens is 1. The largest absolute Gasteiger partial charge is 0.492 e. The zero-order valence-corrected chi connectivity index (χ0v) is 19.8. The molecule has 34 heavy (non-hydrogen) atoms. The van der Waals surface area contributed by atoms with Crippen molar-refractivity contribution in [1.82, 2.24) is 9.88 Å². The summed E-state index contributed by atoms with van der Waals surface area (Å²) in [7, 11) is 4.05. The minimum atomic E-state index is -0.0330. The van der Waals surface area contributed by atoms with Gasteiger partial charge in [-0.2, -0.15) is 0 Å². The second kappa shape index (κ2) is 11.6. The molecule has 0 radical (unpaired) electrons. The van der Waals surface area contributed by atoms with Crippen LogP contribution in [-0.4, -0.2) is 56.3 Å². The van der Waals surface area contributed by atoms with E-state index in [1.807, 2.05) is 68.7 Å². The first-order valence-electron chi connectivity index (χ1n) is 11.7. The average molecular weight is 461 g/mol. The van der Waals surface area contributed by atoms with Crippen molar-refractivity contribution >= 4 is 23.1 Å². The van der Waals surface area contributed by atoms with Crippen LogP contribution >= 0.6 is 0 Å². The smallest absolute Gasteiger partial charge is 0.228 e. The van der Waals surface area contributed by atoms with Crippen molar-refractivity contribution in [3.8, 4) is 16.9 Å². The Morgan fingerprint density at radius 1 is 1.03 bits per heavy atom. The molecule has 1 saturated heterocycles. The quantitative estimate of drug-likeness (QED) is 0.478. The van der Waals surface area contributed by atoms with Crippen molar-refractivity contribution in [3.05, 3.63) is 66.9 Å². The minimum absolute atomic E-state index is 0.000141. The van der Waals surface area contributed by atoms with E-state index < -0.39 is 0 Å². The SMILES string of the molecule is CN(C)CCOc1cc(Nc2ccccc2)cc(-c2ccnc(NC(=O)C3CCOCC3)c2)c1. The molecule has 7 nitrogen and oxygen atoms in total. The maximum atomic E-state index is 12.7. The molecule has 1 aromatic heterocycles. The van der Waals surface area contributed by atoms with Crippen molar-refractivity contribution in [3.63, 3.8) is 0 Å². The van der Waals surface area contributed by atoms with Gasteiger partial charge in [0.25, 0.3) is 0 Å². The van der Waals surface area contributed by atoms with E-state index in [4.69, 9.17) is 9.47 Å². The zero-order chi connectivity index (χ0) is 23.8.